The second-order valence-corrected chi connectivity index (χ2v) is 6.78. The maximum atomic E-state index is 13.1. The number of quaternary nitrogens is 1. The van der Waals surface area contributed by atoms with Gasteiger partial charge in [0, 0.05) is 6.42 Å². The van der Waals surface area contributed by atoms with Crippen LogP contribution in [0.3, 0.4) is 0 Å². The first kappa shape index (κ1) is 21.0. The number of likely N-dealkylation sites (N-methyl/N-ethyl adjacent to an activating group) is 1. The van der Waals surface area contributed by atoms with Crippen LogP contribution < -0.4 is 19.7 Å². The Labute approximate surface area is 164 Å². The summed E-state index contributed by atoms with van der Waals surface area (Å²) in [4.78, 5) is 13.5. The number of benzene rings is 2. The zero-order valence-electron chi connectivity index (χ0n) is 15.9. The van der Waals surface area contributed by atoms with Gasteiger partial charge in [-0.25, -0.2) is 4.39 Å². The van der Waals surface area contributed by atoms with Crippen LogP contribution in [-0.2, 0) is 11.2 Å². The molecule has 7 heteroatoms. The van der Waals surface area contributed by atoms with Gasteiger partial charge in [0.05, 0.1) is 38.5 Å². The Bertz CT molecular complexity index is 801. The highest BCUT2D eigenvalue weighted by Gasteiger charge is 2.22. The maximum absolute atomic E-state index is 13.1. The lowest BCUT2D eigenvalue weighted by molar-refractivity contribution is -0.893. The van der Waals surface area contributed by atoms with Gasteiger partial charge in [-0.1, -0.05) is 17.7 Å². The van der Waals surface area contributed by atoms with Crippen molar-refractivity contribution in [2.24, 2.45) is 0 Å². The van der Waals surface area contributed by atoms with Crippen LogP contribution in [-0.4, -0.2) is 39.8 Å². The lowest BCUT2D eigenvalue weighted by atomic mass is 10.1. The number of hydrogen-bond donors (Lipinski definition) is 2. The SMILES string of the molecule is COc1ccc(CC[NH+](C)[C@@H](C)C(=O)Nc2ccc(F)cc2Cl)cc1OC. The van der Waals surface area contributed by atoms with E-state index >= 15 is 0 Å². The Morgan fingerprint density at radius 3 is 2.52 bits per heavy atom. The molecule has 0 aromatic heterocycles. The van der Waals surface area contributed by atoms with Gasteiger partial charge in [0.15, 0.2) is 17.5 Å². The molecular weight excluding hydrogens is 371 g/mol. The smallest absolute Gasteiger partial charge is 0.282 e. The lowest BCUT2D eigenvalue weighted by Crippen LogP contribution is -3.14. The van der Waals surface area contributed by atoms with Crippen molar-refractivity contribution in [1.82, 2.24) is 0 Å². The Morgan fingerprint density at radius 1 is 1.19 bits per heavy atom. The van der Waals surface area contributed by atoms with Gasteiger partial charge in [-0.05, 0) is 42.8 Å². The number of nitrogens with one attached hydrogen (secondary N) is 2. The van der Waals surface area contributed by atoms with E-state index in [1.54, 1.807) is 14.2 Å². The van der Waals surface area contributed by atoms with Crippen molar-refractivity contribution >= 4 is 23.2 Å². The highest BCUT2D eigenvalue weighted by atomic mass is 35.5. The number of methoxy groups -OCH3 is 2. The molecule has 2 N–H and O–H groups in total. The van der Waals surface area contributed by atoms with Crippen molar-refractivity contribution in [2.75, 3.05) is 33.1 Å². The minimum Gasteiger partial charge on any atom is -0.493 e. The molecule has 2 atom stereocenters. The molecule has 1 unspecified atom stereocenters. The number of rotatable bonds is 8. The van der Waals surface area contributed by atoms with Gasteiger partial charge in [0.2, 0.25) is 0 Å². The summed E-state index contributed by atoms with van der Waals surface area (Å²) in [6, 6.07) is 9.39. The Kier molecular flexibility index (Phi) is 7.45. The summed E-state index contributed by atoms with van der Waals surface area (Å²) in [5, 5.41) is 2.93. The van der Waals surface area contributed by atoms with Crippen LogP contribution in [0.4, 0.5) is 10.1 Å². The second-order valence-electron chi connectivity index (χ2n) is 6.37. The van der Waals surface area contributed by atoms with Crippen molar-refractivity contribution in [3.63, 3.8) is 0 Å². The first-order valence-corrected chi connectivity index (χ1v) is 9.02. The molecule has 2 rings (SSSR count). The van der Waals surface area contributed by atoms with Crippen molar-refractivity contribution in [3.8, 4) is 11.5 Å². The first-order chi connectivity index (χ1) is 12.8. The van der Waals surface area contributed by atoms with E-state index < -0.39 is 5.82 Å². The molecule has 0 fully saturated rings. The van der Waals surface area contributed by atoms with Crippen LogP contribution in [0.25, 0.3) is 0 Å². The number of halogens is 2. The molecule has 0 aliphatic heterocycles. The van der Waals surface area contributed by atoms with Crippen molar-refractivity contribution in [2.45, 2.75) is 19.4 Å². The van der Waals surface area contributed by atoms with Gasteiger partial charge in [-0.15, -0.1) is 0 Å². The van der Waals surface area contributed by atoms with Crippen LogP contribution in [0, 0.1) is 5.82 Å². The van der Waals surface area contributed by atoms with E-state index in [1.807, 2.05) is 32.2 Å². The fourth-order valence-corrected chi connectivity index (χ4v) is 2.86. The summed E-state index contributed by atoms with van der Waals surface area (Å²) < 4.78 is 23.7. The van der Waals surface area contributed by atoms with Crippen LogP contribution in [0.2, 0.25) is 5.02 Å². The van der Waals surface area contributed by atoms with Crippen molar-refractivity contribution in [1.29, 1.82) is 0 Å². The van der Waals surface area contributed by atoms with Crippen molar-refractivity contribution < 1.29 is 23.6 Å². The molecule has 1 amide bonds. The first-order valence-electron chi connectivity index (χ1n) is 8.64. The summed E-state index contributed by atoms with van der Waals surface area (Å²) in [5.74, 6) is 0.757. The Morgan fingerprint density at radius 2 is 1.89 bits per heavy atom. The maximum Gasteiger partial charge on any atom is 0.282 e. The monoisotopic (exact) mass is 395 g/mol. The van der Waals surface area contributed by atoms with E-state index in [9.17, 15) is 9.18 Å². The van der Waals surface area contributed by atoms with Gasteiger partial charge >= 0.3 is 0 Å². The van der Waals surface area contributed by atoms with Gasteiger partial charge < -0.3 is 19.7 Å². The molecule has 0 radical (unpaired) electrons. The van der Waals surface area contributed by atoms with Crippen LogP contribution in [0.15, 0.2) is 36.4 Å². The van der Waals surface area contributed by atoms with Gasteiger partial charge in [0.1, 0.15) is 5.82 Å². The minimum absolute atomic E-state index is 0.173. The average molecular weight is 396 g/mol. The number of carbonyl (C=O) groups excluding carboxylic acids is 1. The largest absolute Gasteiger partial charge is 0.493 e. The predicted molar refractivity (Wildman–Crippen MR) is 105 cm³/mol. The number of hydrogen-bond acceptors (Lipinski definition) is 3. The molecule has 0 heterocycles. The van der Waals surface area contributed by atoms with E-state index in [4.69, 9.17) is 21.1 Å². The number of ether oxygens (including phenoxy) is 2. The highest BCUT2D eigenvalue weighted by molar-refractivity contribution is 6.33. The number of anilines is 1. The molecule has 2 aromatic rings. The molecule has 5 nitrogen and oxygen atoms in total. The molecule has 0 saturated heterocycles. The molecule has 0 spiro atoms. The average Bonchev–Trinajstić information content (AvgIpc) is 2.67. The van der Waals surface area contributed by atoms with Gasteiger partial charge in [-0.3, -0.25) is 4.79 Å². The topological polar surface area (TPSA) is 52.0 Å². The summed E-state index contributed by atoms with van der Waals surface area (Å²) >= 11 is 5.97. The highest BCUT2D eigenvalue weighted by Crippen LogP contribution is 2.27. The Balaban J connectivity index is 1.94. The van der Waals surface area contributed by atoms with E-state index in [-0.39, 0.29) is 17.0 Å². The summed E-state index contributed by atoms with van der Waals surface area (Å²) in [5.41, 5.74) is 1.50. The molecule has 2 aromatic carbocycles. The third-order valence-corrected chi connectivity index (χ3v) is 4.89. The molecule has 0 aliphatic carbocycles. The van der Waals surface area contributed by atoms with Crippen LogP contribution in [0.1, 0.15) is 12.5 Å². The third kappa shape index (κ3) is 5.58. The fraction of sp³-hybridized carbons (Fsp3) is 0.350. The fourth-order valence-electron chi connectivity index (χ4n) is 2.65. The van der Waals surface area contributed by atoms with E-state index in [0.29, 0.717) is 17.2 Å². The molecule has 146 valence electrons. The second kappa shape index (κ2) is 9.58. The molecule has 0 aliphatic rings. The Hall–Kier alpha value is -2.31. The summed E-state index contributed by atoms with van der Waals surface area (Å²) in [7, 11) is 5.16. The van der Waals surface area contributed by atoms with Crippen molar-refractivity contribution in [3.05, 3.63) is 52.8 Å². The van der Waals surface area contributed by atoms with E-state index in [1.165, 1.54) is 18.2 Å². The predicted octanol–water partition coefficient (Wildman–Crippen LogP) is 2.58. The molecule has 27 heavy (non-hydrogen) atoms. The normalized spacial score (nSPS) is 13.0. The minimum atomic E-state index is -0.441. The zero-order valence-corrected chi connectivity index (χ0v) is 16.7. The quantitative estimate of drug-likeness (QED) is 0.722. The molecule has 0 bridgehead atoms. The molecule has 0 saturated carbocycles. The molecular formula is C20H25ClFN2O3+. The zero-order chi connectivity index (χ0) is 20.0. The summed E-state index contributed by atoms with van der Waals surface area (Å²) in [6.07, 6.45) is 0.779. The number of amides is 1. The standard InChI is InChI=1S/C20H24ClFN2O3/c1-13(20(25)23-17-7-6-15(22)12-16(17)21)24(2)10-9-14-5-8-18(26-3)19(11-14)27-4/h5-8,11-13H,9-10H2,1-4H3,(H,23,25)/p+1/t13-/m0/s1. The van der Waals surface area contributed by atoms with E-state index in [0.717, 1.165) is 23.4 Å². The lowest BCUT2D eigenvalue weighted by Gasteiger charge is -2.21. The van der Waals surface area contributed by atoms with E-state index in [2.05, 4.69) is 5.32 Å². The van der Waals surface area contributed by atoms with Gasteiger partial charge in [-0.2, -0.15) is 0 Å². The number of carbonyl (C=O) groups is 1. The van der Waals surface area contributed by atoms with Crippen LogP contribution >= 0.6 is 11.6 Å². The summed E-state index contributed by atoms with van der Waals surface area (Å²) in [6.45, 7) is 2.60. The van der Waals surface area contributed by atoms with Gasteiger partial charge in [0.25, 0.3) is 5.91 Å². The third-order valence-electron chi connectivity index (χ3n) is 4.58. The van der Waals surface area contributed by atoms with Crippen LogP contribution in [0.5, 0.6) is 11.5 Å².